The molecule has 21 heavy (non-hydrogen) atoms. The third-order valence-electron chi connectivity index (χ3n) is 4.93. The Morgan fingerprint density at radius 3 is 3.14 bits per heavy atom. The number of nitrogens with one attached hydrogen (secondary N) is 1. The van der Waals surface area contributed by atoms with Crippen LogP contribution < -0.4 is 10.1 Å². The number of halogens is 1. The van der Waals surface area contributed by atoms with Crippen molar-refractivity contribution < 1.29 is 9.13 Å². The van der Waals surface area contributed by atoms with Crippen LogP contribution >= 0.6 is 0 Å². The summed E-state index contributed by atoms with van der Waals surface area (Å²) in [4.78, 5) is 2.51. The second-order valence-corrected chi connectivity index (χ2v) is 6.44. The van der Waals surface area contributed by atoms with Gasteiger partial charge in [-0.15, -0.1) is 0 Å². The summed E-state index contributed by atoms with van der Waals surface area (Å²) >= 11 is 0. The predicted octanol–water partition coefficient (Wildman–Crippen LogP) is 2.45. The van der Waals surface area contributed by atoms with E-state index in [1.54, 1.807) is 12.1 Å². The van der Waals surface area contributed by atoms with Crippen molar-refractivity contribution in [2.45, 2.75) is 38.3 Å². The molecule has 0 saturated carbocycles. The summed E-state index contributed by atoms with van der Waals surface area (Å²) < 4.78 is 19.2. The fraction of sp³-hybridized carbons (Fsp3) is 0.647. The normalized spacial score (nSPS) is 27.2. The number of rotatable bonds is 4. The molecule has 3 atom stereocenters. The minimum absolute atomic E-state index is 0.168. The number of piperidine rings is 1. The predicted molar refractivity (Wildman–Crippen MR) is 82.2 cm³/mol. The number of hydrogen-bond donors (Lipinski definition) is 1. The average Bonchev–Trinajstić information content (AvgIpc) is 2.88. The van der Waals surface area contributed by atoms with Gasteiger partial charge in [0.25, 0.3) is 0 Å². The zero-order valence-electron chi connectivity index (χ0n) is 12.9. The Morgan fingerprint density at radius 1 is 1.48 bits per heavy atom. The largest absolute Gasteiger partial charge is 0.488 e. The van der Waals surface area contributed by atoms with Crippen molar-refractivity contribution in [1.29, 1.82) is 0 Å². The highest BCUT2D eigenvalue weighted by Gasteiger charge is 2.29. The summed E-state index contributed by atoms with van der Waals surface area (Å²) in [5, 5.41) is 3.37. The third-order valence-corrected chi connectivity index (χ3v) is 4.93. The molecular weight excluding hydrogens is 267 g/mol. The van der Waals surface area contributed by atoms with Gasteiger partial charge >= 0.3 is 0 Å². The van der Waals surface area contributed by atoms with Crippen LogP contribution in [0.1, 0.15) is 25.3 Å². The monoisotopic (exact) mass is 292 g/mol. The molecule has 0 spiro atoms. The Labute approximate surface area is 126 Å². The maximum atomic E-state index is 13.3. The summed E-state index contributed by atoms with van der Waals surface area (Å²) in [5.41, 5.74) is 1.01. The molecule has 0 radical (unpaired) electrons. The highest BCUT2D eigenvalue weighted by atomic mass is 19.1. The lowest BCUT2D eigenvalue weighted by Gasteiger charge is -2.36. The Kier molecular flexibility index (Phi) is 4.45. The van der Waals surface area contributed by atoms with E-state index in [0.29, 0.717) is 12.0 Å². The minimum atomic E-state index is -0.168. The summed E-state index contributed by atoms with van der Waals surface area (Å²) in [7, 11) is 2.04. The van der Waals surface area contributed by atoms with Gasteiger partial charge in [-0.05, 0) is 57.5 Å². The first-order chi connectivity index (χ1) is 10.2. The molecule has 4 heteroatoms. The van der Waals surface area contributed by atoms with E-state index in [2.05, 4.69) is 17.1 Å². The molecule has 3 rings (SSSR count). The van der Waals surface area contributed by atoms with Crippen molar-refractivity contribution in [3.05, 3.63) is 29.6 Å². The van der Waals surface area contributed by atoms with Crippen molar-refractivity contribution in [3.8, 4) is 5.75 Å². The van der Waals surface area contributed by atoms with E-state index in [-0.39, 0.29) is 11.9 Å². The first-order valence-electron chi connectivity index (χ1n) is 8.00. The van der Waals surface area contributed by atoms with Crippen LogP contribution in [0, 0.1) is 11.7 Å². The van der Waals surface area contributed by atoms with Crippen molar-refractivity contribution in [2.75, 3.05) is 26.7 Å². The number of ether oxygens (including phenoxy) is 1. The maximum absolute atomic E-state index is 13.3. The number of nitrogens with zero attached hydrogens (tertiary/aromatic N) is 1. The average molecular weight is 292 g/mol. The van der Waals surface area contributed by atoms with Gasteiger partial charge in [0.15, 0.2) is 0 Å². The molecule has 2 heterocycles. The first-order valence-corrected chi connectivity index (χ1v) is 8.00. The molecule has 1 fully saturated rings. The molecule has 116 valence electrons. The Hall–Kier alpha value is -1.13. The van der Waals surface area contributed by atoms with E-state index in [1.807, 2.05) is 7.05 Å². The van der Waals surface area contributed by atoms with Gasteiger partial charge in [-0.1, -0.05) is 0 Å². The molecule has 2 aliphatic rings. The lowest BCUT2D eigenvalue weighted by atomic mass is 9.91. The van der Waals surface area contributed by atoms with Crippen LogP contribution in [-0.4, -0.2) is 43.7 Å². The molecule has 1 saturated heterocycles. The van der Waals surface area contributed by atoms with Gasteiger partial charge in [-0.25, -0.2) is 4.39 Å². The van der Waals surface area contributed by atoms with E-state index in [4.69, 9.17) is 4.74 Å². The molecule has 3 nitrogen and oxygen atoms in total. The molecular formula is C17H25FN2O. The van der Waals surface area contributed by atoms with Crippen molar-refractivity contribution >= 4 is 0 Å². The van der Waals surface area contributed by atoms with Crippen LogP contribution in [0.25, 0.3) is 0 Å². The number of likely N-dealkylation sites (tertiary alicyclic amines) is 1. The van der Waals surface area contributed by atoms with Gasteiger partial charge in [-0.2, -0.15) is 0 Å². The lowest BCUT2D eigenvalue weighted by molar-refractivity contribution is 0.101. The fourth-order valence-corrected chi connectivity index (χ4v) is 3.58. The molecule has 0 aliphatic carbocycles. The Bertz CT molecular complexity index is 494. The Balaban J connectivity index is 1.56. The molecule has 0 amide bonds. The van der Waals surface area contributed by atoms with Crippen molar-refractivity contribution in [2.24, 2.45) is 5.92 Å². The van der Waals surface area contributed by atoms with Crippen LogP contribution in [0.15, 0.2) is 18.2 Å². The zero-order chi connectivity index (χ0) is 14.8. The van der Waals surface area contributed by atoms with Gasteiger partial charge < -0.3 is 10.1 Å². The van der Waals surface area contributed by atoms with E-state index in [9.17, 15) is 4.39 Å². The molecule has 1 aromatic rings. The summed E-state index contributed by atoms with van der Waals surface area (Å²) in [6, 6.07) is 5.40. The van der Waals surface area contributed by atoms with Crippen LogP contribution in [0.5, 0.6) is 5.75 Å². The van der Waals surface area contributed by atoms with Gasteiger partial charge in [0.1, 0.15) is 17.7 Å². The van der Waals surface area contributed by atoms with Crippen LogP contribution in [-0.2, 0) is 6.42 Å². The van der Waals surface area contributed by atoms with Gasteiger partial charge in [-0.3, -0.25) is 4.90 Å². The maximum Gasteiger partial charge on any atom is 0.123 e. The SMILES string of the molecule is CNC(C)C1CCCN(CC2Cc3cc(F)ccc3O2)C1. The first kappa shape index (κ1) is 14.8. The third kappa shape index (κ3) is 3.38. The molecule has 0 bridgehead atoms. The minimum Gasteiger partial charge on any atom is -0.488 e. The number of benzene rings is 1. The molecule has 3 unspecified atom stereocenters. The quantitative estimate of drug-likeness (QED) is 0.922. The van der Waals surface area contributed by atoms with Crippen LogP contribution in [0.2, 0.25) is 0 Å². The highest BCUT2D eigenvalue weighted by molar-refractivity contribution is 5.37. The lowest BCUT2D eigenvalue weighted by Crippen LogP contribution is -2.46. The van der Waals surface area contributed by atoms with Gasteiger partial charge in [0.2, 0.25) is 0 Å². The summed E-state index contributed by atoms with van der Waals surface area (Å²) in [6.45, 7) is 5.49. The summed E-state index contributed by atoms with van der Waals surface area (Å²) in [6.07, 6.45) is 3.56. The van der Waals surface area contributed by atoms with Gasteiger partial charge in [0.05, 0.1) is 0 Å². The molecule has 1 aromatic carbocycles. The van der Waals surface area contributed by atoms with E-state index < -0.39 is 0 Å². The summed E-state index contributed by atoms with van der Waals surface area (Å²) in [5.74, 6) is 1.41. The van der Waals surface area contributed by atoms with E-state index >= 15 is 0 Å². The topological polar surface area (TPSA) is 24.5 Å². The standard InChI is InChI=1S/C17H25FN2O/c1-12(19-2)13-4-3-7-20(10-13)11-16-9-14-8-15(18)5-6-17(14)21-16/h5-6,8,12-13,16,19H,3-4,7,9-11H2,1-2H3. The second kappa shape index (κ2) is 6.32. The number of hydrogen-bond acceptors (Lipinski definition) is 3. The second-order valence-electron chi connectivity index (χ2n) is 6.44. The molecule has 0 aromatic heterocycles. The Morgan fingerprint density at radius 2 is 2.33 bits per heavy atom. The van der Waals surface area contributed by atoms with Crippen LogP contribution in [0.3, 0.4) is 0 Å². The van der Waals surface area contributed by atoms with Crippen LogP contribution in [0.4, 0.5) is 4.39 Å². The van der Waals surface area contributed by atoms with E-state index in [1.165, 1.54) is 18.9 Å². The smallest absolute Gasteiger partial charge is 0.123 e. The van der Waals surface area contributed by atoms with Crippen molar-refractivity contribution in [3.63, 3.8) is 0 Å². The van der Waals surface area contributed by atoms with E-state index in [0.717, 1.165) is 37.4 Å². The van der Waals surface area contributed by atoms with Gasteiger partial charge in [0, 0.05) is 31.1 Å². The zero-order valence-corrected chi connectivity index (χ0v) is 12.9. The molecule has 1 N–H and O–H groups in total. The number of fused-ring (bicyclic) bond motifs is 1. The molecule has 2 aliphatic heterocycles. The van der Waals surface area contributed by atoms with Crippen molar-refractivity contribution in [1.82, 2.24) is 10.2 Å². The highest BCUT2D eigenvalue weighted by Crippen LogP contribution is 2.30. The fourth-order valence-electron chi connectivity index (χ4n) is 3.58.